The van der Waals surface area contributed by atoms with E-state index in [0.717, 1.165) is 0 Å². The SMILES string of the molecule is CC(OC(=O)CCOc1ccccc1)C(=O)Nc1ccc(C(N)=O)cc1. The van der Waals surface area contributed by atoms with Crippen LogP contribution < -0.4 is 15.8 Å². The van der Waals surface area contributed by atoms with E-state index in [1.165, 1.54) is 19.1 Å². The van der Waals surface area contributed by atoms with E-state index in [1.807, 2.05) is 18.2 Å². The number of esters is 1. The molecule has 0 bridgehead atoms. The number of carbonyl (C=O) groups excluding carboxylic acids is 3. The van der Waals surface area contributed by atoms with Gasteiger partial charge in [0.05, 0.1) is 13.0 Å². The van der Waals surface area contributed by atoms with Gasteiger partial charge >= 0.3 is 5.97 Å². The molecule has 0 spiro atoms. The number of hydrogen-bond acceptors (Lipinski definition) is 5. The highest BCUT2D eigenvalue weighted by molar-refractivity contribution is 5.96. The third-order valence-corrected chi connectivity index (χ3v) is 3.43. The van der Waals surface area contributed by atoms with E-state index in [2.05, 4.69) is 5.32 Å². The summed E-state index contributed by atoms with van der Waals surface area (Å²) in [4.78, 5) is 34.8. The molecule has 2 rings (SSSR count). The van der Waals surface area contributed by atoms with Crippen molar-refractivity contribution in [1.29, 1.82) is 0 Å². The summed E-state index contributed by atoms with van der Waals surface area (Å²) in [7, 11) is 0. The quantitative estimate of drug-likeness (QED) is 0.705. The number of anilines is 1. The minimum Gasteiger partial charge on any atom is -0.493 e. The van der Waals surface area contributed by atoms with E-state index >= 15 is 0 Å². The number of nitrogens with one attached hydrogen (secondary N) is 1. The summed E-state index contributed by atoms with van der Waals surface area (Å²) >= 11 is 0. The zero-order valence-electron chi connectivity index (χ0n) is 14.3. The first-order valence-electron chi connectivity index (χ1n) is 8.04. The molecule has 0 saturated carbocycles. The van der Waals surface area contributed by atoms with Crippen LogP contribution in [0.5, 0.6) is 5.75 Å². The van der Waals surface area contributed by atoms with Gasteiger partial charge in [0.1, 0.15) is 5.75 Å². The first kappa shape index (κ1) is 19.0. The Morgan fingerprint density at radius 2 is 1.69 bits per heavy atom. The Morgan fingerprint density at radius 3 is 2.31 bits per heavy atom. The molecule has 0 aromatic heterocycles. The molecule has 2 amide bonds. The summed E-state index contributed by atoms with van der Waals surface area (Å²) in [6.45, 7) is 1.63. The number of primary amides is 1. The van der Waals surface area contributed by atoms with Crippen molar-refractivity contribution in [3.63, 3.8) is 0 Å². The van der Waals surface area contributed by atoms with E-state index < -0.39 is 23.9 Å². The maximum atomic E-state index is 12.1. The van der Waals surface area contributed by atoms with Gasteiger partial charge in [0.25, 0.3) is 5.91 Å². The number of benzene rings is 2. The van der Waals surface area contributed by atoms with Crippen LogP contribution in [0.3, 0.4) is 0 Å². The number of hydrogen-bond donors (Lipinski definition) is 2. The summed E-state index contributed by atoms with van der Waals surface area (Å²) in [5, 5.41) is 2.60. The third kappa shape index (κ3) is 5.94. The van der Waals surface area contributed by atoms with Crippen molar-refractivity contribution in [1.82, 2.24) is 0 Å². The number of nitrogens with two attached hydrogens (primary N) is 1. The van der Waals surface area contributed by atoms with Crippen LogP contribution in [0.2, 0.25) is 0 Å². The molecule has 0 saturated heterocycles. The lowest BCUT2D eigenvalue weighted by Crippen LogP contribution is -2.30. The highest BCUT2D eigenvalue weighted by Crippen LogP contribution is 2.11. The number of ether oxygens (including phenoxy) is 2. The van der Waals surface area contributed by atoms with E-state index in [1.54, 1.807) is 24.3 Å². The van der Waals surface area contributed by atoms with Crippen molar-refractivity contribution in [3.05, 3.63) is 60.2 Å². The minimum absolute atomic E-state index is 0.0276. The molecule has 0 aliphatic carbocycles. The Balaban J connectivity index is 1.75. The Labute approximate surface area is 151 Å². The highest BCUT2D eigenvalue weighted by atomic mass is 16.5. The van der Waals surface area contributed by atoms with Gasteiger partial charge in [-0.3, -0.25) is 14.4 Å². The number of para-hydroxylation sites is 1. The van der Waals surface area contributed by atoms with Gasteiger partial charge in [-0.2, -0.15) is 0 Å². The molecule has 1 unspecified atom stereocenters. The molecule has 0 heterocycles. The monoisotopic (exact) mass is 356 g/mol. The maximum Gasteiger partial charge on any atom is 0.310 e. The van der Waals surface area contributed by atoms with E-state index in [9.17, 15) is 14.4 Å². The fourth-order valence-electron chi connectivity index (χ4n) is 2.04. The summed E-state index contributed by atoms with van der Waals surface area (Å²) in [5.74, 6) is -0.907. The van der Waals surface area contributed by atoms with Crippen LogP contribution in [0, 0.1) is 0 Å². The van der Waals surface area contributed by atoms with Gasteiger partial charge in [0.2, 0.25) is 5.91 Å². The zero-order valence-corrected chi connectivity index (χ0v) is 14.3. The lowest BCUT2D eigenvalue weighted by atomic mass is 10.2. The van der Waals surface area contributed by atoms with Crippen molar-refractivity contribution in [3.8, 4) is 5.75 Å². The van der Waals surface area contributed by atoms with Gasteiger partial charge in [-0.15, -0.1) is 0 Å². The lowest BCUT2D eigenvalue weighted by molar-refractivity contribution is -0.153. The molecule has 0 aliphatic rings. The molecule has 7 heteroatoms. The molecule has 2 aromatic rings. The van der Waals surface area contributed by atoms with Gasteiger partial charge in [-0.25, -0.2) is 0 Å². The van der Waals surface area contributed by atoms with Crippen molar-refractivity contribution in [2.24, 2.45) is 5.73 Å². The summed E-state index contributed by atoms with van der Waals surface area (Å²) in [6, 6.07) is 15.2. The van der Waals surface area contributed by atoms with Gasteiger partial charge in [0, 0.05) is 11.3 Å². The smallest absolute Gasteiger partial charge is 0.310 e. The molecular weight excluding hydrogens is 336 g/mol. The normalized spacial score (nSPS) is 11.3. The number of carbonyl (C=O) groups is 3. The van der Waals surface area contributed by atoms with Crippen LogP contribution >= 0.6 is 0 Å². The standard InChI is InChI=1S/C19H20N2O5/c1-13(19(24)21-15-9-7-14(8-10-15)18(20)23)26-17(22)11-12-25-16-5-3-2-4-6-16/h2-10,13H,11-12H2,1H3,(H2,20,23)(H,21,24). The molecule has 3 N–H and O–H groups in total. The Kier molecular flexibility index (Phi) is 6.73. The van der Waals surface area contributed by atoms with Crippen molar-refractivity contribution in [2.45, 2.75) is 19.4 Å². The predicted octanol–water partition coefficient (Wildman–Crippen LogP) is 2.12. The molecule has 2 aromatic carbocycles. The van der Waals surface area contributed by atoms with E-state index in [0.29, 0.717) is 17.0 Å². The van der Waals surface area contributed by atoms with Gasteiger partial charge < -0.3 is 20.5 Å². The number of amides is 2. The van der Waals surface area contributed by atoms with E-state index in [4.69, 9.17) is 15.2 Å². The van der Waals surface area contributed by atoms with Crippen LogP contribution in [-0.4, -0.2) is 30.5 Å². The topological polar surface area (TPSA) is 108 Å². The highest BCUT2D eigenvalue weighted by Gasteiger charge is 2.18. The fraction of sp³-hybridized carbons (Fsp3) is 0.211. The van der Waals surface area contributed by atoms with Crippen molar-refractivity contribution in [2.75, 3.05) is 11.9 Å². The van der Waals surface area contributed by atoms with Crippen LogP contribution in [-0.2, 0) is 14.3 Å². The van der Waals surface area contributed by atoms with Crippen LogP contribution in [0.4, 0.5) is 5.69 Å². The summed E-state index contributed by atoms with van der Waals surface area (Å²) in [5.41, 5.74) is 5.95. The second kappa shape index (κ2) is 9.22. The second-order valence-corrected chi connectivity index (χ2v) is 5.47. The minimum atomic E-state index is -0.963. The molecule has 136 valence electrons. The Morgan fingerprint density at radius 1 is 1.04 bits per heavy atom. The first-order chi connectivity index (χ1) is 12.5. The van der Waals surface area contributed by atoms with Crippen molar-refractivity contribution < 1.29 is 23.9 Å². The number of rotatable bonds is 8. The molecule has 0 fully saturated rings. The lowest BCUT2D eigenvalue weighted by Gasteiger charge is -2.14. The summed E-state index contributed by atoms with van der Waals surface area (Å²) in [6.07, 6.45) is -0.935. The Hall–Kier alpha value is -3.35. The average Bonchev–Trinajstić information content (AvgIpc) is 2.63. The van der Waals surface area contributed by atoms with Gasteiger partial charge in [0.15, 0.2) is 6.10 Å². The van der Waals surface area contributed by atoms with Crippen molar-refractivity contribution >= 4 is 23.5 Å². The largest absolute Gasteiger partial charge is 0.493 e. The fourth-order valence-corrected chi connectivity index (χ4v) is 2.04. The second-order valence-electron chi connectivity index (χ2n) is 5.47. The first-order valence-corrected chi connectivity index (χ1v) is 8.04. The maximum absolute atomic E-state index is 12.1. The van der Waals surface area contributed by atoms with Gasteiger partial charge in [-0.05, 0) is 43.3 Å². The van der Waals surface area contributed by atoms with Crippen LogP contribution in [0.15, 0.2) is 54.6 Å². The van der Waals surface area contributed by atoms with Gasteiger partial charge in [-0.1, -0.05) is 18.2 Å². The Bertz CT molecular complexity index is 759. The predicted molar refractivity (Wildman–Crippen MR) is 95.7 cm³/mol. The average molecular weight is 356 g/mol. The van der Waals surface area contributed by atoms with E-state index in [-0.39, 0.29) is 13.0 Å². The van der Waals surface area contributed by atoms with Crippen LogP contribution in [0.25, 0.3) is 0 Å². The molecule has 0 radical (unpaired) electrons. The third-order valence-electron chi connectivity index (χ3n) is 3.43. The molecule has 0 aliphatic heterocycles. The molecule has 26 heavy (non-hydrogen) atoms. The molecule has 1 atom stereocenters. The summed E-state index contributed by atoms with van der Waals surface area (Å²) < 4.78 is 10.5. The zero-order chi connectivity index (χ0) is 18.9. The van der Waals surface area contributed by atoms with Crippen LogP contribution in [0.1, 0.15) is 23.7 Å². The molecular formula is C19H20N2O5. The molecule has 7 nitrogen and oxygen atoms in total.